The summed E-state index contributed by atoms with van der Waals surface area (Å²) in [6.07, 6.45) is 7.42. The molecule has 22 heavy (non-hydrogen) atoms. The normalized spacial score (nSPS) is 27.6. The fourth-order valence-corrected chi connectivity index (χ4v) is 4.01. The summed E-state index contributed by atoms with van der Waals surface area (Å²) in [5.41, 5.74) is 1.30. The van der Waals surface area contributed by atoms with Crippen molar-refractivity contribution < 1.29 is 13.9 Å². The third-order valence-electron chi connectivity index (χ3n) is 5.36. The summed E-state index contributed by atoms with van der Waals surface area (Å²) in [4.78, 5) is 0. The van der Waals surface area contributed by atoms with Crippen molar-refractivity contribution in [2.45, 2.75) is 65.7 Å². The van der Waals surface area contributed by atoms with Crippen LogP contribution in [0.1, 0.15) is 64.0 Å². The Bertz CT molecular complexity index is 505. The van der Waals surface area contributed by atoms with Crippen molar-refractivity contribution in [1.29, 1.82) is 0 Å². The molecule has 1 unspecified atom stereocenters. The number of hydrogen-bond donors (Lipinski definition) is 1. The predicted molar refractivity (Wildman–Crippen MR) is 86.0 cm³/mol. The smallest absolute Gasteiger partial charge is 0.200 e. The molecule has 0 bridgehead atoms. The van der Waals surface area contributed by atoms with E-state index in [1.54, 1.807) is 0 Å². The number of phenols is 1. The van der Waals surface area contributed by atoms with Crippen LogP contribution in [0.3, 0.4) is 0 Å². The fourth-order valence-electron chi connectivity index (χ4n) is 4.01. The van der Waals surface area contributed by atoms with E-state index in [0.717, 1.165) is 24.3 Å². The van der Waals surface area contributed by atoms with Crippen molar-refractivity contribution in [2.24, 2.45) is 17.8 Å². The van der Waals surface area contributed by atoms with Crippen LogP contribution in [0.4, 0.5) is 8.78 Å². The number of phenolic OH excluding ortho intramolecular Hbond substituents is 1. The van der Waals surface area contributed by atoms with Gasteiger partial charge in [-0.15, -0.1) is 0 Å². The van der Waals surface area contributed by atoms with Gasteiger partial charge in [-0.3, -0.25) is 0 Å². The van der Waals surface area contributed by atoms with E-state index in [1.165, 1.54) is 31.7 Å². The first-order valence-corrected chi connectivity index (χ1v) is 8.75. The summed E-state index contributed by atoms with van der Waals surface area (Å²) >= 11 is 0. The van der Waals surface area contributed by atoms with Gasteiger partial charge in [0.15, 0.2) is 11.6 Å². The zero-order chi connectivity index (χ0) is 16.3. The van der Waals surface area contributed by atoms with Crippen LogP contribution in [-0.4, -0.2) is 5.11 Å². The highest BCUT2D eigenvalue weighted by Crippen LogP contribution is 2.41. The van der Waals surface area contributed by atoms with Crippen LogP contribution in [0, 0.1) is 29.4 Å². The third kappa shape index (κ3) is 3.44. The van der Waals surface area contributed by atoms with E-state index >= 15 is 0 Å². The Labute approximate surface area is 132 Å². The molecule has 0 heterocycles. The Morgan fingerprint density at radius 2 is 1.59 bits per heavy atom. The molecule has 0 aliphatic heterocycles. The zero-order valence-corrected chi connectivity index (χ0v) is 14.0. The van der Waals surface area contributed by atoms with E-state index in [2.05, 4.69) is 6.92 Å². The van der Waals surface area contributed by atoms with Crippen LogP contribution in [0.5, 0.6) is 5.75 Å². The molecule has 1 nitrogen and oxygen atoms in total. The van der Waals surface area contributed by atoms with Crippen LogP contribution in [0.2, 0.25) is 0 Å². The van der Waals surface area contributed by atoms with Crippen molar-refractivity contribution in [2.75, 3.05) is 0 Å². The predicted octanol–water partition coefficient (Wildman–Crippen LogP) is 5.63. The SMILES string of the molecule is CC.CC1CCC(C2CCc3cc(O)c(F)c(F)c3C2)CC1. The lowest BCUT2D eigenvalue weighted by Gasteiger charge is -2.35. The highest BCUT2D eigenvalue weighted by atomic mass is 19.2. The summed E-state index contributed by atoms with van der Waals surface area (Å²) in [6.45, 7) is 6.30. The Balaban J connectivity index is 0.000000847. The summed E-state index contributed by atoms with van der Waals surface area (Å²) in [6, 6.07) is 1.41. The number of aryl methyl sites for hydroxylation is 1. The maximum atomic E-state index is 14.0. The molecule has 1 atom stereocenters. The minimum atomic E-state index is -1.08. The van der Waals surface area contributed by atoms with E-state index in [-0.39, 0.29) is 0 Å². The Morgan fingerprint density at radius 3 is 2.23 bits per heavy atom. The van der Waals surface area contributed by atoms with Gasteiger partial charge < -0.3 is 5.11 Å². The van der Waals surface area contributed by atoms with Gasteiger partial charge >= 0.3 is 0 Å². The van der Waals surface area contributed by atoms with E-state index in [1.807, 2.05) is 13.8 Å². The average Bonchev–Trinajstić information content (AvgIpc) is 2.55. The molecule has 124 valence electrons. The number of aromatic hydroxyl groups is 1. The number of halogens is 2. The second-order valence-electron chi connectivity index (χ2n) is 6.68. The monoisotopic (exact) mass is 310 g/mol. The van der Waals surface area contributed by atoms with E-state index in [0.29, 0.717) is 23.8 Å². The highest BCUT2D eigenvalue weighted by molar-refractivity contribution is 5.39. The third-order valence-corrected chi connectivity index (χ3v) is 5.36. The molecule has 1 aromatic rings. The average molecular weight is 310 g/mol. The van der Waals surface area contributed by atoms with Crippen molar-refractivity contribution in [3.8, 4) is 5.75 Å². The lowest BCUT2D eigenvalue weighted by atomic mass is 9.70. The number of hydrogen-bond acceptors (Lipinski definition) is 1. The van der Waals surface area contributed by atoms with Gasteiger partial charge in [0.2, 0.25) is 5.82 Å². The number of fused-ring (bicyclic) bond motifs is 1. The zero-order valence-electron chi connectivity index (χ0n) is 14.0. The molecule has 3 heteroatoms. The molecule has 1 fully saturated rings. The van der Waals surface area contributed by atoms with Crippen LogP contribution < -0.4 is 0 Å². The first-order chi connectivity index (χ1) is 10.6. The largest absolute Gasteiger partial charge is 0.505 e. The van der Waals surface area contributed by atoms with Crippen LogP contribution >= 0.6 is 0 Å². The molecule has 0 amide bonds. The van der Waals surface area contributed by atoms with Crippen LogP contribution in [-0.2, 0) is 12.8 Å². The van der Waals surface area contributed by atoms with Gasteiger partial charge in [-0.1, -0.05) is 33.6 Å². The van der Waals surface area contributed by atoms with E-state index in [9.17, 15) is 13.9 Å². The molecule has 2 aliphatic carbocycles. The summed E-state index contributed by atoms with van der Waals surface area (Å²) < 4.78 is 27.5. The number of rotatable bonds is 1. The Hall–Kier alpha value is -1.12. The Kier molecular flexibility index (Phi) is 5.82. The summed E-state index contributed by atoms with van der Waals surface area (Å²) in [5.74, 6) is -0.501. The molecule has 1 saturated carbocycles. The molecule has 2 aliphatic rings. The molecule has 3 rings (SSSR count). The molecule has 1 N–H and O–H groups in total. The molecule has 0 spiro atoms. The fraction of sp³-hybridized carbons (Fsp3) is 0.684. The Morgan fingerprint density at radius 1 is 0.955 bits per heavy atom. The quantitative estimate of drug-likeness (QED) is 0.713. The summed E-state index contributed by atoms with van der Waals surface area (Å²) in [5, 5.41) is 9.38. The minimum absolute atomic E-state index is 0.480. The highest BCUT2D eigenvalue weighted by Gasteiger charge is 2.31. The van der Waals surface area contributed by atoms with Gasteiger partial charge in [-0.25, -0.2) is 4.39 Å². The van der Waals surface area contributed by atoms with Crippen LogP contribution in [0.15, 0.2) is 6.07 Å². The molecule has 0 radical (unpaired) electrons. The maximum absolute atomic E-state index is 14.0. The van der Waals surface area contributed by atoms with E-state index < -0.39 is 17.4 Å². The van der Waals surface area contributed by atoms with Gasteiger partial charge in [0, 0.05) is 0 Å². The molecule has 1 aromatic carbocycles. The maximum Gasteiger partial charge on any atom is 0.200 e. The molecular weight excluding hydrogens is 282 g/mol. The first kappa shape index (κ1) is 17.2. The van der Waals surface area contributed by atoms with Gasteiger partial charge in [0.25, 0.3) is 0 Å². The van der Waals surface area contributed by atoms with Gasteiger partial charge in [-0.2, -0.15) is 4.39 Å². The molecule has 0 saturated heterocycles. The second-order valence-corrected chi connectivity index (χ2v) is 6.68. The molecular formula is C19H28F2O. The second kappa shape index (κ2) is 7.43. The van der Waals surface area contributed by atoms with Crippen molar-refractivity contribution in [3.05, 3.63) is 28.8 Å². The van der Waals surface area contributed by atoms with Gasteiger partial charge in [-0.05, 0) is 67.1 Å². The van der Waals surface area contributed by atoms with Crippen molar-refractivity contribution in [1.82, 2.24) is 0 Å². The van der Waals surface area contributed by atoms with Gasteiger partial charge in [0.05, 0.1) is 0 Å². The minimum Gasteiger partial charge on any atom is -0.505 e. The summed E-state index contributed by atoms with van der Waals surface area (Å²) in [7, 11) is 0. The number of benzene rings is 1. The lowest BCUT2D eigenvalue weighted by molar-refractivity contribution is 0.195. The van der Waals surface area contributed by atoms with E-state index in [4.69, 9.17) is 0 Å². The molecule has 0 aromatic heterocycles. The lowest BCUT2D eigenvalue weighted by Crippen LogP contribution is -2.27. The topological polar surface area (TPSA) is 20.2 Å². The standard InChI is InChI=1S/C17H22F2O.C2H6/c1-10-2-4-11(5-3-10)12-6-7-13-9-15(20)17(19)16(18)14(13)8-12;1-2/h9-12,20H,2-8H2,1H3;1-2H3. The van der Waals surface area contributed by atoms with Crippen molar-refractivity contribution >= 4 is 0 Å². The first-order valence-electron chi connectivity index (χ1n) is 8.75. The van der Waals surface area contributed by atoms with Gasteiger partial charge in [0.1, 0.15) is 0 Å². The van der Waals surface area contributed by atoms with Crippen LogP contribution in [0.25, 0.3) is 0 Å². The van der Waals surface area contributed by atoms with Crippen molar-refractivity contribution in [3.63, 3.8) is 0 Å².